The average molecular weight is 390 g/mol. The van der Waals surface area contributed by atoms with Crippen molar-refractivity contribution in [2.75, 3.05) is 7.11 Å². The van der Waals surface area contributed by atoms with Crippen molar-refractivity contribution in [1.29, 1.82) is 0 Å². The normalized spacial score (nSPS) is 11.7. The fraction of sp³-hybridized carbons (Fsp3) is 0.0909. The van der Waals surface area contributed by atoms with E-state index in [1.807, 2.05) is 24.3 Å². The second-order valence-corrected chi connectivity index (χ2v) is 7.09. The molecule has 3 aromatic carbocycles. The molecule has 0 aliphatic rings. The van der Waals surface area contributed by atoms with E-state index in [1.54, 1.807) is 28.8 Å². The number of para-hydroxylation sites is 1. The molecule has 0 aliphatic carbocycles. The van der Waals surface area contributed by atoms with Crippen LogP contribution in [0.5, 0.6) is 5.75 Å². The fourth-order valence-electron chi connectivity index (χ4n) is 3.11. The van der Waals surface area contributed by atoms with Gasteiger partial charge in [0.05, 0.1) is 29.4 Å². The van der Waals surface area contributed by atoms with E-state index in [1.165, 1.54) is 24.5 Å². The minimum atomic E-state index is -0.472. The van der Waals surface area contributed by atoms with Crippen LogP contribution >= 0.6 is 11.3 Å². The Kier molecular flexibility index (Phi) is 4.68. The predicted molar refractivity (Wildman–Crippen MR) is 109 cm³/mol. The van der Waals surface area contributed by atoms with Gasteiger partial charge in [0.15, 0.2) is 4.80 Å². The summed E-state index contributed by atoms with van der Waals surface area (Å²) in [6.07, 6.45) is 5.44. The van der Waals surface area contributed by atoms with E-state index in [-0.39, 0.29) is 6.54 Å². The summed E-state index contributed by atoms with van der Waals surface area (Å²) in [7, 11) is 1.51. The molecule has 0 fully saturated rings. The molecule has 1 aromatic heterocycles. The van der Waals surface area contributed by atoms with Crippen LogP contribution in [0.15, 0.2) is 59.6 Å². The summed E-state index contributed by atoms with van der Waals surface area (Å²) in [6, 6.07) is 16.0. The zero-order valence-electron chi connectivity index (χ0n) is 15.0. The molecule has 0 radical (unpaired) electrons. The zero-order valence-corrected chi connectivity index (χ0v) is 15.8. The molecule has 0 saturated carbocycles. The van der Waals surface area contributed by atoms with Gasteiger partial charge >= 0.3 is 0 Å². The van der Waals surface area contributed by atoms with Crippen LogP contribution in [0.25, 0.3) is 21.0 Å². The number of carbonyl (C=O) groups excluding carboxylic acids is 1. The van der Waals surface area contributed by atoms with Crippen LogP contribution in [-0.4, -0.2) is 17.6 Å². The van der Waals surface area contributed by atoms with Crippen molar-refractivity contribution in [3.63, 3.8) is 0 Å². The lowest BCUT2D eigenvalue weighted by atomic mass is 10.1. The molecule has 1 amide bonds. The summed E-state index contributed by atoms with van der Waals surface area (Å²) >= 11 is 1.22. The van der Waals surface area contributed by atoms with E-state index in [4.69, 9.17) is 11.2 Å². The minimum Gasteiger partial charge on any atom is -0.496 e. The highest BCUT2D eigenvalue weighted by Gasteiger charge is 2.15. The van der Waals surface area contributed by atoms with Crippen LogP contribution in [0.4, 0.5) is 4.39 Å². The number of carbonyl (C=O) groups is 1. The molecule has 0 saturated heterocycles. The van der Waals surface area contributed by atoms with Crippen LogP contribution in [0.2, 0.25) is 0 Å². The molecule has 4 nitrogen and oxygen atoms in total. The lowest BCUT2D eigenvalue weighted by molar-refractivity contribution is 0.0995. The van der Waals surface area contributed by atoms with Crippen molar-refractivity contribution in [2.24, 2.45) is 4.99 Å². The van der Waals surface area contributed by atoms with Gasteiger partial charge in [-0.1, -0.05) is 47.6 Å². The molecule has 138 valence electrons. The van der Waals surface area contributed by atoms with Crippen molar-refractivity contribution in [2.45, 2.75) is 6.54 Å². The predicted octanol–water partition coefficient (Wildman–Crippen LogP) is 4.38. The van der Waals surface area contributed by atoms with Crippen LogP contribution in [0.3, 0.4) is 0 Å². The van der Waals surface area contributed by atoms with Crippen LogP contribution in [-0.2, 0) is 6.54 Å². The van der Waals surface area contributed by atoms with Gasteiger partial charge in [-0.15, -0.1) is 6.42 Å². The monoisotopic (exact) mass is 390 g/mol. The minimum absolute atomic E-state index is 0.113. The number of thiazole rings is 1. The summed E-state index contributed by atoms with van der Waals surface area (Å²) in [6.45, 7) is 0.113. The van der Waals surface area contributed by atoms with Gasteiger partial charge in [-0.3, -0.25) is 4.79 Å². The lowest BCUT2D eigenvalue weighted by Crippen LogP contribution is -2.17. The highest BCUT2D eigenvalue weighted by molar-refractivity contribution is 7.16. The van der Waals surface area contributed by atoms with Gasteiger partial charge in [0.1, 0.15) is 11.6 Å². The Labute approximate surface area is 164 Å². The summed E-state index contributed by atoms with van der Waals surface area (Å²) in [5.74, 6) is 2.06. The Hall–Kier alpha value is -3.43. The van der Waals surface area contributed by atoms with Crippen molar-refractivity contribution < 1.29 is 13.9 Å². The molecule has 0 spiro atoms. The molecule has 0 aliphatic heterocycles. The van der Waals surface area contributed by atoms with E-state index in [0.29, 0.717) is 26.3 Å². The number of hydrogen-bond donors (Lipinski definition) is 0. The molecular weight excluding hydrogens is 375 g/mol. The number of hydrogen-bond acceptors (Lipinski definition) is 3. The maximum atomic E-state index is 14.3. The lowest BCUT2D eigenvalue weighted by Gasteiger charge is -2.07. The van der Waals surface area contributed by atoms with Crippen molar-refractivity contribution in [3.05, 3.63) is 70.8 Å². The Bertz CT molecular complexity index is 1330. The second-order valence-electron chi connectivity index (χ2n) is 6.08. The number of terminal acetylenes is 1. The van der Waals surface area contributed by atoms with E-state index in [0.717, 1.165) is 10.8 Å². The van der Waals surface area contributed by atoms with Crippen molar-refractivity contribution in [3.8, 4) is 18.1 Å². The average Bonchev–Trinajstić information content (AvgIpc) is 3.05. The number of rotatable bonds is 3. The highest BCUT2D eigenvalue weighted by Crippen LogP contribution is 2.27. The smallest absolute Gasteiger partial charge is 0.283 e. The number of benzene rings is 3. The number of amides is 1. The van der Waals surface area contributed by atoms with Crippen molar-refractivity contribution in [1.82, 2.24) is 4.57 Å². The van der Waals surface area contributed by atoms with Gasteiger partial charge < -0.3 is 9.30 Å². The fourth-order valence-corrected chi connectivity index (χ4v) is 4.15. The Balaban J connectivity index is 1.92. The Morgan fingerprint density at radius 2 is 1.96 bits per heavy atom. The number of aromatic nitrogens is 1. The molecule has 4 aromatic rings. The first kappa shape index (κ1) is 18.0. The molecule has 0 N–H and O–H groups in total. The standard InChI is InChI=1S/C22H15FN2O2S/c1-3-11-25-20-17(23)9-6-10-19(20)28-22(25)24-21(26)16-12-14-7-4-5-8-15(14)13-18(16)27-2/h1,4-10,12-13H,11H2,2H3. The number of halogens is 1. The third-order valence-electron chi connectivity index (χ3n) is 4.40. The van der Waals surface area contributed by atoms with Gasteiger partial charge in [-0.25, -0.2) is 4.39 Å². The maximum absolute atomic E-state index is 14.3. The zero-order chi connectivity index (χ0) is 19.7. The number of nitrogens with zero attached hydrogens (tertiary/aromatic N) is 2. The first-order chi connectivity index (χ1) is 13.6. The summed E-state index contributed by atoms with van der Waals surface area (Å²) in [5, 5.41) is 1.86. The van der Waals surface area contributed by atoms with Gasteiger partial charge in [0.25, 0.3) is 5.91 Å². The highest BCUT2D eigenvalue weighted by atomic mass is 32.1. The van der Waals surface area contributed by atoms with E-state index in [9.17, 15) is 9.18 Å². The maximum Gasteiger partial charge on any atom is 0.283 e. The topological polar surface area (TPSA) is 43.6 Å². The first-order valence-corrected chi connectivity index (χ1v) is 9.31. The molecule has 1 heterocycles. The van der Waals surface area contributed by atoms with Crippen LogP contribution in [0.1, 0.15) is 10.4 Å². The first-order valence-electron chi connectivity index (χ1n) is 8.49. The largest absolute Gasteiger partial charge is 0.496 e. The number of methoxy groups -OCH3 is 1. The Morgan fingerprint density at radius 3 is 2.68 bits per heavy atom. The summed E-state index contributed by atoms with van der Waals surface area (Å²) < 4.78 is 21.9. The van der Waals surface area contributed by atoms with E-state index < -0.39 is 11.7 Å². The molecular formula is C22H15FN2O2S. The molecule has 6 heteroatoms. The molecule has 28 heavy (non-hydrogen) atoms. The van der Waals surface area contributed by atoms with Crippen LogP contribution < -0.4 is 9.54 Å². The third kappa shape index (κ3) is 3.06. The van der Waals surface area contributed by atoms with E-state index in [2.05, 4.69) is 10.9 Å². The quantitative estimate of drug-likeness (QED) is 0.487. The van der Waals surface area contributed by atoms with Crippen LogP contribution in [0, 0.1) is 18.2 Å². The molecule has 0 unspecified atom stereocenters. The third-order valence-corrected chi connectivity index (χ3v) is 5.44. The van der Waals surface area contributed by atoms with Gasteiger partial charge in [0.2, 0.25) is 0 Å². The SMILES string of the molecule is C#CCn1c(=NC(=O)c2cc3ccccc3cc2OC)sc2cccc(F)c21. The second kappa shape index (κ2) is 7.29. The molecule has 0 bridgehead atoms. The number of fused-ring (bicyclic) bond motifs is 2. The summed E-state index contributed by atoms with van der Waals surface area (Å²) in [4.78, 5) is 17.5. The van der Waals surface area contributed by atoms with Gasteiger partial charge in [-0.05, 0) is 35.0 Å². The summed E-state index contributed by atoms with van der Waals surface area (Å²) in [5.41, 5.74) is 0.689. The number of ether oxygens (including phenoxy) is 1. The molecule has 0 atom stereocenters. The Morgan fingerprint density at radius 1 is 1.21 bits per heavy atom. The van der Waals surface area contributed by atoms with Crippen molar-refractivity contribution >= 4 is 38.2 Å². The van der Waals surface area contributed by atoms with E-state index >= 15 is 0 Å². The molecule has 4 rings (SSSR count). The van der Waals surface area contributed by atoms with Gasteiger partial charge in [-0.2, -0.15) is 4.99 Å². The van der Waals surface area contributed by atoms with Gasteiger partial charge in [0, 0.05) is 0 Å².